The number of thioether (sulfide) groups is 1. The zero-order valence-electron chi connectivity index (χ0n) is 11.6. The highest BCUT2D eigenvalue weighted by molar-refractivity contribution is 8.00. The highest BCUT2D eigenvalue weighted by Gasteiger charge is 2.14. The fourth-order valence-electron chi connectivity index (χ4n) is 1.83. The molecule has 0 atom stereocenters. The number of nitriles is 1. The summed E-state index contributed by atoms with van der Waals surface area (Å²) in [6.45, 7) is 2.01. The van der Waals surface area contributed by atoms with E-state index in [-0.39, 0.29) is 10.6 Å². The van der Waals surface area contributed by atoms with E-state index in [1.54, 1.807) is 0 Å². The summed E-state index contributed by atoms with van der Waals surface area (Å²) in [5.74, 6) is 0.587. The first kappa shape index (κ1) is 15.6. The van der Waals surface area contributed by atoms with Gasteiger partial charge in [0.25, 0.3) is 0 Å². The smallest absolute Gasteiger partial charge is 0.179 e. The van der Waals surface area contributed by atoms with Crippen molar-refractivity contribution in [3.8, 4) is 6.07 Å². The molecule has 0 aromatic heterocycles. The predicted octanol–water partition coefficient (Wildman–Crippen LogP) is 3.43. The van der Waals surface area contributed by atoms with Gasteiger partial charge in [0.05, 0.1) is 22.3 Å². The summed E-state index contributed by atoms with van der Waals surface area (Å²) < 4.78 is 24.4. The lowest BCUT2D eigenvalue weighted by Gasteiger charge is -2.05. The van der Waals surface area contributed by atoms with E-state index in [1.807, 2.05) is 37.3 Å². The summed E-state index contributed by atoms with van der Waals surface area (Å²) >= 11 is 1.53. The molecule has 0 saturated heterocycles. The minimum Gasteiger partial charge on any atom is -0.224 e. The van der Waals surface area contributed by atoms with E-state index in [0.717, 1.165) is 10.5 Å². The molecule has 0 radical (unpaired) electrons. The minimum atomic E-state index is -3.30. The van der Waals surface area contributed by atoms with Gasteiger partial charge in [-0.2, -0.15) is 5.26 Å². The predicted molar refractivity (Wildman–Crippen MR) is 85.1 cm³/mol. The maximum absolute atomic E-state index is 12.2. The van der Waals surface area contributed by atoms with Gasteiger partial charge in [0.1, 0.15) is 0 Å². The Bertz CT molecular complexity index is 760. The molecule has 0 fully saturated rings. The molecule has 108 valence electrons. The topological polar surface area (TPSA) is 57.9 Å². The standard InChI is InChI=1S/C16H15NO2S2/c1-13-3-2-4-15(11-13)20-9-10-21(18,19)16-7-5-14(12-17)6-8-16/h2-8,11H,9-10H2,1H3. The SMILES string of the molecule is Cc1cccc(SCCS(=O)(=O)c2ccc(C#N)cc2)c1. The van der Waals surface area contributed by atoms with Crippen LogP contribution in [0, 0.1) is 18.3 Å². The van der Waals surface area contributed by atoms with Crippen LogP contribution in [0.2, 0.25) is 0 Å². The maximum atomic E-state index is 12.2. The average molecular weight is 317 g/mol. The molecule has 0 aliphatic rings. The summed E-state index contributed by atoms with van der Waals surface area (Å²) in [6, 6.07) is 16.0. The van der Waals surface area contributed by atoms with E-state index in [0.29, 0.717) is 11.3 Å². The van der Waals surface area contributed by atoms with Gasteiger partial charge in [0.2, 0.25) is 0 Å². The zero-order chi connectivity index (χ0) is 15.3. The third kappa shape index (κ3) is 4.35. The molecule has 0 bridgehead atoms. The normalized spacial score (nSPS) is 11.0. The van der Waals surface area contributed by atoms with Crippen LogP contribution in [-0.4, -0.2) is 19.9 Å². The van der Waals surface area contributed by atoms with Gasteiger partial charge in [-0.3, -0.25) is 0 Å². The van der Waals surface area contributed by atoms with Gasteiger partial charge in [-0.25, -0.2) is 8.42 Å². The first-order valence-corrected chi connectivity index (χ1v) is 9.07. The molecular weight excluding hydrogens is 302 g/mol. The summed E-state index contributed by atoms with van der Waals surface area (Å²) in [7, 11) is -3.30. The van der Waals surface area contributed by atoms with Crippen LogP contribution in [0.1, 0.15) is 11.1 Å². The van der Waals surface area contributed by atoms with E-state index in [2.05, 4.69) is 0 Å². The van der Waals surface area contributed by atoms with E-state index in [9.17, 15) is 8.42 Å². The number of hydrogen-bond acceptors (Lipinski definition) is 4. The van der Waals surface area contributed by atoms with Gasteiger partial charge in [-0.1, -0.05) is 17.7 Å². The third-order valence-electron chi connectivity index (χ3n) is 2.95. The second-order valence-electron chi connectivity index (χ2n) is 4.62. The molecule has 0 saturated carbocycles. The van der Waals surface area contributed by atoms with Crippen molar-refractivity contribution < 1.29 is 8.42 Å². The van der Waals surface area contributed by atoms with E-state index in [1.165, 1.54) is 36.0 Å². The van der Waals surface area contributed by atoms with Gasteiger partial charge >= 0.3 is 0 Å². The van der Waals surface area contributed by atoms with Crippen molar-refractivity contribution in [2.24, 2.45) is 0 Å². The highest BCUT2D eigenvalue weighted by Crippen LogP contribution is 2.21. The van der Waals surface area contributed by atoms with Crippen molar-refractivity contribution in [1.29, 1.82) is 5.26 Å². The van der Waals surface area contributed by atoms with Crippen molar-refractivity contribution in [2.75, 3.05) is 11.5 Å². The quantitative estimate of drug-likeness (QED) is 0.793. The summed E-state index contributed by atoms with van der Waals surface area (Å²) in [4.78, 5) is 1.34. The molecule has 0 aliphatic carbocycles. The van der Waals surface area contributed by atoms with Gasteiger partial charge < -0.3 is 0 Å². The van der Waals surface area contributed by atoms with Crippen molar-refractivity contribution >= 4 is 21.6 Å². The first-order valence-electron chi connectivity index (χ1n) is 6.44. The van der Waals surface area contributed by atoms with Crippen molar-refractivity contribution in [1.82, 2.24) is 0 Å². The lowest BCUT2D eigenvalue weighted by atomic mass is 10.2. The van der Waals surface area contributed by atoms with Crippen LogP contribution >= 0.6 is 11.8 Å². The Hall–Kier alpha value is -1.77. The Kier molecular flexibility index (Phi) is 5.05. The Morgan fingerprint density at radius 1 is 1.14 bits per heavy atom. The molecule has 2 aromatic rings. The largest absolute Gasteiger partial charge is 0.224 e. The molecule has 0 spiro atoms. The average Bonchev–Trinajstić information content (AvgIpc) is 2.47. The van der Waals surface area contributed by atoms with Crippen LogP contribution in [0.3, 0.4) is 0 Å². The second kappa shape index (κ2) is 6.79. The Morgan fingerprint density at radius 3 is 2.48 bits per heavy atom. The molecule has 5 heteroatoms. The van der Waals surface area contributed by atoms with Crippen LogP contribution in [0.15, 0.2) is 58.3 Å². The first-order chi connectivity index (χ1) is 10.0. The highest BCUT2D eigenvalue weighted by atomic mass is 32.2. The molecule has 0 unspecified atom stereocenters. The molecule has 3 nitrogen and oxygen atoms in total. The van der Waals surface area contributed by atoms with Crippen LogP contribution in [0.25, 0.3) is 0 Å². The monoisotopic (exact) mass is 317 g/mol. The van der Waals surface area contributed by atoms with E-state index >= 15 is 0 Å². The number of sulfone groups is 1. The number of benzene rings is 2. The Balaban J connectivity index is 1.99. The molecule has 2 aromatic carbocycles. The van der Waals surface area contributed by atoms with E-state index in [4.69, 9.17) is 5.26 Å². The molecule has 0 heterocycles. The van der Waals surface area contributed by atoms with Gasteiger partial charge in [-0.05, 0) is 43.3 Å². The lowest BCUT2D eigenvalue weighted by molar-refractivity contribution is 0.597. The molecule has 0 N–H and O–H groups in total. The van der Waals surface area contributed by atoms with Crippen LogP contribution < -0.4 is 0 Å². The minimum absolute atomic E-state index is 0.0809. The number of aryl methyl sites for hydroxylation is 1. The molecule has 2 rings (SSSR count). The van der Waals surface area contributed by atoms with Crippen molar-refractivity contribution in [3.05, 3.63) is 59.7 Å². The van der Waals surface area contributed by atoms with Gasteiger partial charge in [0, 0.05) is 10.6 Å². The van der Waals surface area contributed by atoms with Gasteiger partial charge in [0.15, 0.2) is 9.84 Å². The molecular formula is C16H15NO2S2. The fraction of sp³-hybridized carbons (Fsp3) is 0.188. The van der Waals surface area contributed by atoms with Gasteiger partial charge in [-0.15, -0.1) is 11.8 Å². The number of rotatable bonds is 5. The Labute approximate surface area is 129 Å². The summed E-state index contributed by atoms with van der Waals surface area (Å²) in [5, 5.41) is 8.72. The second-order valence-corrected chi connectivity index (χ2v) is 7.90. The Morgan fingerprint density at radius 2 is 1.86 bits per heavy atom. The molecule has 21 heavy (non-hydrogen) atoms. The zero-order valence-corrected chi connectivity index (χ0v) is 13.2. The fourth-order valence-corrected chi connectivity index (χ4v) is 4.51. The van der Waals surface area contributed by atoms with E-state index < -0.39 is 9.84 Å². The summed E-state index contributed by atoms with van der Waals surface area (Å²) in [6.07, 6.45) is 0. The van der Waals surface area contributed by atoms with Crippen molar-refractivity contribution in [3.63, 3.8) is 0 Å². The van der Waals surface area contributed by atoms with Crippen molar-refractivity contribution in [2.45, 2.75) is 16.7 Å². The molecule has 0 aliphatic heterocycles. The summed E-state index contributed by atoms with van der Waals surface area (Å²) in [5.41, 5.74) is 1.62. The third-order valence-corrected chi connectivity index (χ3v) is 5.94. The van der Waals surface area contributed by atoms with Crippen LogP contribution in [0.4, 0.5) is 0 Å². The maximum Gasteiger partial charge on any atom is 0.179 e. The van der Waals surface area contributed by atoms with Crippen LogP contribution in [0.5, 0.6) is 0 Å². The molecule has 0 amide bonds. The van der Waals surface area contributed by atoms with Crippen LogP contribution in [-0.2, 0) is 9.84 Å². The lowest BCUT2D eigenvalue weighted by Crippen LogP contribution is -2.08. The number of nitrogens with zero attached hydrogens (tertiary/aromatic N) is 1. The number of hydrogen-bond donors (Lipinski definition) is 0.